The van der Waals surface area contributed by atoms with Gasteiger partial charge in [0, 0.05) is 21.9 Å². The lowest BCUT2D eigenvalue weighted by Gasteiger charge is -2.12. The molecule has 0 saturated carbocycles. The maximum absolute atomic E-state index is 12.9. The fourth-order valence-electron chi connectivity index (χ4n) is 3.38. The first-order valence-electron chi connectivity index (χ1n) is 7.52. The van der Waals surface area contributed by atoms with Crippen molar-refractivity contribution in [3.63, 3.8) is 0 Å². The second kappa shape index (κ2) is 4.32. The van der Waals surface area contributed by atoms with E-state index >= 15 is 0 Å². The lowest BCUT2D eigenvalue weighted by molar-refractivity contribution is 0.0962. The highest BCUT2D eigenvalue weighted by molar-refractivity contribution is 6.32. The SMILES string of the molecule is O=C1c2ccccc2C(=O)c2c1oc1c2ccc2ccc(O)cc21. The molecule has 0 bridgehead atoms. The van der Waals surface area contributed by atoms with Crippen LogP contribution in [-0.2, 0) is 0 Å². The zero-order valence-electron chi connectivity index (χ0n) is 12.4. The lowest BCUT2D eigenvalue weighted by Crippen LogP contribution is -2.19. The number of carbonyl (C=O) groups excluding carboxylic acids is 2. The van der Waals surface area contributed by atoms with Crippen molar-refractivity contribution >= 4 is 33.3 Å². The van der Waals surface area contributed by atoms with Crippen LogP contribution in [0.15, 0.2) is 59.0 Å². The third-order valence-corrected chi connectivity index (χ3v) is 4.51. The van der Waals surface area contributed by atoms with Crippen molar-refractivity contribution < 1.29 is 19.1 Å². The topological polar surface area (TPSA) is 67.5 Å². The molecule has 0 atom stereocenters. The van der Waals surface area contributed by atoms with Crippen LogP contribution >= 0.6 is 0 Å². The second-order valence-electron chi connectivity index (χ2n) is 5.86. The number of hydrogen-bond acceptors (Lipinski definition) is 4. The van der Waals surface area contributed by atoms with Crippen LogP contribution in [0.25, 0.3) is 21.7 Å². The lowest BCUT2D eigenvalue weighted by atomic mass is 9.87. The molecule has 0 aliphatic heterocycles. The van der Waals surface area contributed by atoms with E-state index in [-0.39, 0.29) is 23.1 Å². The maximum atomic E-state index is 12.9. The quantitative estimate of drug-likeness (QED) is 0.468. The molecule has 4 aromatic rings. The van der Waals surface area contributed by atoms with Gasteiger partial charge in [-0.25, -0.2) is 0 Å². The molecule has 0 saturated heterocycles. The van der Waals surface area contributed by atoms with Crippen molar-refractivity contribution in [3.8, 4) is 5.75 Å². The molecule has 0 unspecified atom stereocenters. The first kappa shape index (κ1) is 13.1. The van der Waals surface area contributed by atoms with Crippen LogP contribution in [0.2, 0.25) is 0 Å². The van der Waals surface area contributed by atoms with Crippen molar-refractivity contribution in [3.05, 3.63) is 77.0 Å². The van der Waals surface area contributed by atoms with Gasteiger partial charge in [-0.05, 0) is 23.6 Å². The molecule has 1 heterocycles. The van der Waals surface area contributed by atoms with E-state index in [0.717, 1.165) is 5.39 Å². The Balaban J connectivity index is 1.93. The standard InChI is InChI=1S/C20H10O4/c21-11-7-5-10-6-8-14-16-17(22)12-3-1-2-4-13(12)18(23)20(16)24-19(14)15(10)9-11/h1-9,21H. The minimum atomic E-state index is -0.287. The molecular weight excluding hydrogens is 304 g/mol. The van der Waals surface area contributed by atoms with E-state index < -0.39 is 0 Å². The molecule has 1 N–H and O–H groups in total. The molecule has 5 rings (SSSR count). The van der Waals surface area contributed by atoms with Crippen LogP contribution in [0.1, 0.15) is 32.0 Å². The van der Waals surface area contributed by atoms with E-state index in [4.69, 9.17) is 4.42 Å². The van der Waals surface area contributed by atoms with Crippen molar-refractivity contribution in [1.82, 2.24) is 0 Å². The van der Waals surface area contributed by atoms with E-state index in [0.29, 0.717) is 33.0 Å². The highest BCUT2D eigenvalue weighted by atomic mass is 16.3. The summed E-state index contributed by atoms with van der Waals surface area (Å²) in [4.78, 5) is 25.6. The summed E-state index contributed by atoms with van der Waals surface area (Å²) < 4.78 is 5.82. The van der Waals surface area contributed by atoms with Crippen LogP contribution in [-0.4, -0.2) is 16.7 Å². The Labute approximate surface area is 135 Å². The highest BCUT2D eigenvalue weighted by Crippen LogP contribution is 2.38. The van der Waals surface area contributed by atoms with Crippen molar-refractivity contribution in [2.24, 2.45) is 0 Å². The minimum absolute atomic E-state index is 0.0737. The van der Waals surface area contributed by atoms with Crippen LogP contribution in [0, 0.1) is 0 Å². The summed E-state index contributed by atoms with van der Waals surface area (Å²) in [5.41, 5.74) is 1.51. The van der Waals surface area contributed by atoms with E-state index in [1.54, 1.807) is 48.5 Å². The summed E-state index contributed by atoms with van der Waals surface area (Å²) in [6, 6.07) is 15.3. The van der Waals surface area contributed by atoms with Gasteiger partial charge < -0.3 is 9.52 Å². The third kappa shape index (κ3) is 1.52. The smallest absolute Gasteiger partial charge is 0.229 e. The normalized spacial score (nSPS) is 13.3. The fourth-order valence-corrected chi connectivity index (χ4v) is 3.38. The Bertz CT molecular complexity index is 1200. The van der Waals surface area contributed by atoms with Gasteiger partial charge in [0.1, 0.15) is 11.3 Å². The number of carbonyl (C=O) groups is 2. The van der Waals surface area contributed by atoms with Gasteiger partial charge in [-0.15, -0.1) is 0 Å². The van der Waals surface area contributed by atoms with Gasteiger partial charge in [0.2, 0.25) is 5.78 Å². The summed E-state index contributed by atoms with van der Waals surface area (Å²) in [5, 5.41) is 11.9. The summed E-state index contributed by atoms with van der Waals surface area (Å²) in [6.45, 7) is 0. The van der Waals surface area contributed by atoms with E-state index in [9.17, 15) is 14.7 Å². The molecule has 1 aromatic heterocycles. The van der Waals surface area contributed by atoms with Gasteiger partial charge in [0.25, 0.3) is 0 Å². The van der Waals surface area contributed by atoms with Gasteiger partial charge in [0.05, 0.1) is 5.56 Å². The zero-order chi connectivity index (χ0) is 16.4. The maximum Gasteiger partial charge on any atom is 0.229 e. The molecule has 0 spiro atoms. The largest absolute Gasteiger partial charge is 0.508 e. The molecule has 0 radical (unpaired) electrons. The first-order valence-corrected chi connectivity index (χ1v) is 7.52. The number of aromatic hydroxyl groups is 1. The van der Waals surface area contributed by atoms with Gasteiger partial charge in [0.15, 0.2) is 11.5 Å². The minimum Gasteiger partial charge on any atom is -0.508 e. The van der Waals surface area contributed by atoms with Gasteiger partial charge in [-0.3, -0.25) is 9.59 Å². The number of ketones is 2. The third-order valence-electron chi connectivity index (χ3n) is 4.51. The Kier molecular flexibility index (Phi) is 2.36. The van der Waals surface area contributed by atoms with Crippen LogP contribution in [0.4, 0.5) is 0 Å². The summed E-state index contributed by atoms with van der Waals surface area (Å²) in [5.74, 6) is -0.321. The Hall–Kier alpha value is -3.40. The summed E-state index contributed by atoms with van der Waals surface area (Å²) >= 11 is 0. The number of phenolic OH excluding ortho intramolecular Hbond substituents is 1. The summed E-state index contributed by atoms with van der Waals surface area (Å²) in [7, 11) is 0. The number of furan rings is 1. The zero-order valence-corrected chi connectivity index (χ0v) is 12.4. The number of phenols is 1. The molecule has 24 heavy (non-hydrogen) atoms. The Morgan fingerprint density at radius 2 is 1.50 bits per heavy atom. The van der Waals surface area contributed by atoms with Crippen molar-refractivity contribution in [1.29, 1.82) is 0 Å². The first-order chi connectivity index (χ1) is 11.6. The molecule has 114 valence electrons. The number of rotatable bonds is 0. The van der Waals surface area contributed by atoms with E-state index in [2.05, 4.69) is 0 Å². The average molecular weight is 314 g/mol. The van der Waals surface area contributed by atoms with Crippen molar-refractivity contribution in [2.75, 3.05) is 0 Å². The number of fused-ring (bicyclic) bond motifs is 6. The van der Waals surface area contributed by atoms with Crippen LogP contribution in [0.3, 0.4) is 0 Å². The Morgan fingerprint density at radius 3 is 2.29 bits per heavy atom. The highest BCUT2D eigenvalue weighted by Gasteiger charge is 2.35. The van der Waals surface area contributed by atoms with Crippen LogP contribution < -0.4 is 0 Å². The molecule has 0 fully saturated rings. The van der Waals surface area contributed by atoms with Gasteiger partial charge in [-0.1, -0.05) is 36.4 Å². The van der Waals surface area contributed by atoms with Crippen LogP contribution in [0.5, 0.6) is 5.75 Å². The van der Waals surface area contributed by atoms with Gasteiger partial charge in [-0.2, -0.15) is 0 Å². The Morgan fingerprint density at radius 1 is 0.792 bits per heavy atom. The molecule has 1 aliphatic rings. The fraction of sp³-hybridized carbons (Fsp3) is 0. The second-order valence-corrected chi connectivity index (χ2v) is 5.86. The average Bonchev–Trinajstić information content (AvgIpc) is 3.00. The number of benzene rings is 3. The molecule has 4 nitrogen and oxygen atoms in total. The summed E-state index contributed by atoms with van der Waals surface area (Å²) in [6.07, 6.45) is 0. The predicted molar refractivity (Wildman–Crippen MR) is 88.7 cm³/mol. The predicted octanol–water partition coefficient (Wildman–Crippen LogP) is 4.07. The molecule has 1 aliphatic carbocycles. The number of hydrogen-bond donors (Lipinski definition) is 1. The monoisotopic (exact) mass is 314 g/mol. The van der Waals surface area contributed by atoms with E-state index in [1.807, 2.05) is 6.07 Å². The van der Waals surface area contributed by atoms with Gasteiger partial charge >= 0.3 is 0 Å². The molecular formula is C20H10O4. The molecule has 0 amide bonds. The molecule has 3 aromatic carbocycles. The molecule has 4 heteroatoms. The van der Waals surface area contributed by atoms with Crippen molar-refractivity contribution in [2.45, 2.75) is 0 Å². The van der Waals surface area contributed by atoms with E-state index in [1.165, 1.54) is 0 Å².